The number of hydrogen-bond donors (Lipinski definition) is 0. The second-order valence-electron chi connectivity index (χ2n) is 5.84. The van der Waals surface area contributed by atoms with E-state index in [-0.39, 0.29) is 0 Å². The summed E-state index contributed by atoms with van der Waals surface area (Å²) >= 11 is 0. The van der Waals surface area contributed by atoms with Crippen LogP contribution in [0.15, 0.2) is 54.6 Å². The van der Waals surface area contributed by atoms with Crippen molar-refractivity contribution in [2.75, 3.05) is 6.54 Å². The monoisotopic (exact) mass is 265 g/mol. The summed E-state index contributed by atoms with van der Waals surface area (Å²) < 4.78 is 0. The van der Waals surface area contributed by atoms with Crippen LogP contribution in [0.1, 0.15) is 42.4 Å². The van der Waals surface area contributed by atoms with E-state index < -0.39 is 0 Å². The molecule has 0 aliphatic carbocycles. The molecule has 1 heteroatoms. The third kappa shape index (κ3) is 2.94. The van der Waals surface area contributed by atoms with Gasteiger partial charge in [0.2, 0.25) is 0 Å². The molecule has 0 amide bonds. The van der Waals surface area contributed by atoms with Crippen molar-refractivity contribution < 1.29 is 0 Å². The van der Waals surface area contributed by atoms with Gasteiger partial charge in [0, 0.05) is 19.6 Å². The van der Waals surface area contributed by atoms with Gasteiger partial charge >= 0.3 is 0 Å². The first-order valence-corrected chi connectivity index (χ1v) is 7.71. The fourth-order valence-corrected chi connectivity index (χ4v) is 3.35. The van der Waals surface area contributed by atoms with Crippen molar-refractivity contribution >= 4 is 0 Å². The summed E-state index contributed by atoms with van der Waals surface area (Å²) in [6, 6.07) is 19.8. The van der Waals surface area contributed by atoms with Crippen LogP contribution in [0, 0.1) is 0 Å². The Morgan fingerprint density at radius 2 is 1.75 bits per heavy atom. The molecule has 0 saturated heterocycles. The van der Waals surface area contributed by atoms with Gasteiger partial charge in [-0.05, 0) is 29.0 Å². The van der Waals surface area contributed by atoms with E-state index in [9.17, 15) is 0 Å². The minimum atomic E-state index is 0.702. The Balaban J connectivity index is 1.79. The Morgan fingerprint density at radius 3 is 2.55 bits per heavy atom. The van der Waals surface area contributed by atoms with Crippen LogP contribution in [0.4, 0.5) is 0 Å². The first-order chi connectivity index (χ1) is 9.86. The first-order valence-electron chi connectivity index (χ1n) is 7.71. The smallest absolute Gasteiger partial charge is 0.0240 e. The van der Waals surface area contributed by atoms with Crippen molar-refractivity contribution in [2.24, 2.45) is 0 Å². The lowest BCUT2D eigenvalue weighted by Gasteiger charge is -2.34. The molecule has 2 aromatic rings. The van der Waals surface area contributed by atoms with Crippen molar-refractivity contribution in [1.82, 2.24) is 4.90 Å². The van der Waals surface area contributed by atoms with Crippen LogP contribution in [0.25, 0.3) is 0 Å². The molecule has 0 bridgehead atoms. The quantitative estimate of drug-likeness (QED) is 0.781. The molecule has 0 saturated carbocycles. The third-order valence-corrected chi connectivity index (χ3v) is 4.25. The topological polar surface area (TPSA) is 3.24 Å². The normalized spacial score (nSPS) is 18.8. The van der Waals surface area contributed by atoms with Gasteiger partial charge in [-0.1, -0.05) is 67.9 Å². The number of benzene rings is 2. The second-order valence-corrected chi connectivity index (χ2v) is 5.84. The molecular weight excluding hydrogens is 242 g/mol. The van der Waals surface area contributed by atoms with E-state index in [2.05, 4.69) is 66.4 Å². The molecule has 2 aromatic carbocycles. The number of fused-ring (bicyclic) bond motifs is 1. The highest BCUT2D eigenvalue weighted by Gasteiger charge is 2.24. The summed E-state index contributed by atoms with van der Waals surface area (Å²) in [4.78, 5) is 2.60. The van der Waals surface area contributed by atoms with Gasteiger partial charge < -0.3 is 0 Å². The predicted octanol–water partition coefficient (Wildman–Crippen LogP) is 4.59. The molecule has 1 heterocycles. The molecule has 20 heavy (non-hydrogen) atoms. The summed E-state index contributed by atoms with van der Waals surface area (Å²) in [6.07, 6.45) is 2.56. The summed E-state index contributed by atoms with van der Waals surface area (Å²) in [6.45, 7) is 5.64. The van der Waals surface area contributed by atoms with Crippen molar-refractivity contribution in [2.45, 2.75) is 38.8 Å². The molecule has 0 N–H and O–H groups in total. The largest absolute Gasteiger partial charge is 0.294 e. The highest BCUT2D eigenvalue weighted by atomic mass is 15.1. The number of hydrogen-bond acceptors (Lipinski definition) is 1. The zero-order valence-electron chi connectivity index (χ0n) is 12.3. The van der Waals surface area contributed by atoms with Crippen molar-refractivity contribution in [1.29, 1.82) is 0 Å². The van der Waals surface area contributed by atoms with Gasteiger partial charge in [0.25, 0.3) is 0 Å². The zero-order chi connectivity index (χ0) is 13.8. The zero-order valence-corrected chi connectivity index (χ0v) is 12.3. The van der Waals surface area contributed by atoms with Gasteiger partial charge in [-0.2, -0.15) is 0 Å². The highest BCUT2D eigenvalue weighted by molar-refractivity contribution is 5.33. The van der Waals surface area contributed by atoms with Crippen LogP contribution in [0.2, 0.25) is 0 Å². The van der Waals surface area contributed by atoms with Crippen LogP contribution >= 0.6 is 0 Å². The van der Waals surface area contributed by atoms with E-state index in [1.807, 2.05) is 0 Å². The van der Waals surface area contributed by atoms with Gasteiger partial charge in [0.05, 0.1) is 0 Å². The van der Waals surface area contributed by atoms with Crippen LogP contribution in [0.5, 0.6) is 0 Å². The lowest BCUT2D eigenvalue weighted by Crippen LogP contribution is -2.33. The number of rotatable bonds is 4. The number of nitrogens with zero attached hydrogens (tertiary/aromatic N) is 1. The predicted molar refractivity (Wildman–Crippen MR) is 84.6 cm³/mol. The Bertz CT molecular complexity index is 547. The highest BCUT2D eigenvalue weighted by Crippen LogP contribution is 2.32. The van der Waals surface area contributed by atoms with E-state index in [0.29, 0.717) is 5.92 Å². The SMILES string of the molecule is CCC[C@@H]1CN(Cc2ccccc2)Cc2ccccc21. The summed E-state index contributed by atoms with van der Waals surface area (Å²) in [5.74, 6) is 0.702. The fraction of sp³-hybridized carbons (Fsp3) is 0.368. The first kappa shape index (κ1) is 13.4. The fourth-order valence-electron chi connectivity index (χ4n) is 3.35. The molecule has 0 unspecified atom stereocenters. The maximum atomic E-state index is 2.60. The second kappa shape index (κ2) is 6.23. The summed E-state index contributed by atoms with van der Waals surface area (Å²) in [5, 5.41) is 0. The van der Waals surface area contributed by atoms with E-state index in [1.54, 1.807) is 5.56 Å². The lowest BCUT2D eigenvalue weighted by molar-refractivity contribution is 0.216. The molecule has 0 spiro atoms. The standard InChI is InChI=1S/C19H23N/c1-2-8-17-14-20(13-16-9-4-3-5-10-16)15-18-11-6-7-12-19(17)18/h3-7,9-12,17H,2,8,13-15H2,1H3/t17-/m1/s1. The van der Waals surface area contributed by atoms with Crippen molar-refractivity contribution in [3.05, 3.63) is 71.3 Å². The molecule has 1 nitrogen and oxygen atoms in total. The van der Waals surface area contributed by atoms with Crippen LogP contribution < -0.4 is 0 Å². The van der Waals surface area contributed by atoms with Gasteiger partial charge in [0.1, 0.15) is 0 Å². The van der Waals surface area contributed by atoms with Gasteiger partial charge in [-0.15, -0.1) is 0 Å². The Labute approximate surface area is 122 Å². The van der Waals surface area contributed by atoms with Gasteiger partial charge in [-0.3, -0.25) is 4.90 Å². The molecule has 0 radical (unpaired) electrons. The van der Waals surface area contributed by atoms with Crippen LogP contribution in [0.3, 0.4) is 0 Å². The minimum absolute atomic E-state index is 0.702. The van der Waals surface area contributed by atoms with E-state index >= 15 is 0 Å². The van der Waals surface area contributed by atoms with Gasteiger partial charge in [-0.25, -0.2) is 0 Å². The van der Waals surface area contributed by atoms with Crippen molar-refractivity contribution in [3.63, 3.8) is 0 Å². The summed E-state index contributed by atoms with van der Waals surface area (Å²) in [7, 11) is 0. The average molecular weight is 265 g/mol. The lowest BCUT2D eigenvalue weighted by atomic mass is 9.86. The van der Waals surface area contributed by atoms with E-state index in [4.69, 9.17) is 0 Å². The molecule has 104 valence electrons. The van der Waals surface area contributed by atoms with Gasteiger partial charge in [0.15, 0.2) is 0 Å². The van der Waals surface area contributed by atoms with E-state index in [0.717, 1.165) is 13.1 Å². The maximum absolute atomic E-state index is 2.60. The van der Waals surface area contributed by atoms with E-state index in [1.165, 1.54) is 30.5 Å². The molecule has 0 fully saturated rings. The van der Waals surface area contributed by atoms with Crippen LogP contribution in [-0.2, 0) is 13.1 Å². The van der Waals surface area contributed by atoms with Crippen LogP contribution in [-0.4, -0.2) is 11.4 Å². The minimum Gasteiger partial charge on any atom is -0.294 e. The van der Waals surface area contributed by atoms with Crippen molar-refractivity contribution in [3.8, 4) is 0 Å². The average Bonchev–Trinajstić information content (AvgIpc) is 2.49. The molecule has 1 aliphatic heterocycles. The molecule has 3 rings (SSSR count). The molecule has 1 aliphatic rings. The third-order valence-electron chi connectivity index (χ3n) is 4.25. The Hall–Kier alpha value is -1.60. The Morgan fingerprint density at radius 1 is 1.00 bits per heavy atom. The summed E-state index contributed by atoms with van der Waals surface area (Å²) in [5.41, 5.74) is 4.52. The Kier molecular flexibility index (Phi) is 4.17. The molecule has 1 atom stereocenters. The maximum Gasteiger partial charge on any atom is 0.0240 e. The molecule has 0 aromatic heterocycles. The molecular formula is C19H23N.